The maximum Gasteiger partial charge on any atom is 0.313 e. The van der Waals surface area contributed by atoms with E-state index >= 15 is 0 Å². The van der Waals surface area contributed by atoms with E-state index in [0.717, 1.165) is 58.2 Å². The Bertz CT molecular complexity index is 1090. The maximum atomic E-state index is 13.8. The van der Waals surface area contributed by atoms with Gasteiger partial charge in [-0.15, -0.1) is 0 Å². The van der Waals surface area contributed by atoms with Gasteiger partial charge < -0.3 is 9.47 Å². The van der Waals surface area contributed by atoms with Gasteiger partial charge in [-0.3, -0.25) is 9.69 Å². The van der Waals surface area contributed by atoms with Crippen LogP contribution in [0.5, 0.6) is 0 Å². The van der Waals surface area contributed by atoms with Gasteiger partial charge in [-0.25, -0.2) is 0 Å². The summed E-state index contributed by atoms with van der Waals surface area (Å²) in [5, 5.41) is 0. The van der Waals surface area contributed by atoms with Gasteiger partial charge >= 0.3 is 5.97 Å². The van der Waals surface area contributed by atoms with E-state index in [9.17, 15) is 4.79 Å². The fraction of sp³-hybridized carbons (Fsp3) is 0.667. The first-order valence-corrected chi connectivity index (χ1v) is 14.5. The van der Waals surface area contributed by atoms with E-state index in [1.807, 2.05) is 20.8 Å². The highest BCUT2D eigenvalue weighted by Gasteiger charge is 2.55. The molecular weight excluding hydrogens is 458 g/mol. The molecule has 1 fully saturated rings. The summed E-state index contributed by atoms with van der Waals surface area (Å²) in [5.74, 6) is 0.205. The molecule has 0 unspecified atom stereocenters. The Hall–Kier alpha value is -1.91. The summed E-state index contributed by atoms with van der Waals surface area (Å²) in [6, 6.07) is 10.8. The average molecular weight is 506 g/mol. The number of nitrogens with zero attached hydrogens (tertiary/aromatic N) is 1. The molecule has 1 aromatic rings. The van der Waals surface area contributed by atoms with Gasteiger partial charge in [-0.05, 0) is 108 Å². The number of hydrogen-bond acceptors (Lipinski definition) is 4. The molecule has 0 amide bonds. The van der Waals surface area contributed by atoms with E-state index < -0.39 is 5.60 Å². The normalized spacial score (nSPS) is 30.6. The summed E-state index contributed by atoms with van der Waals surface area (Å²) >= 11 is 0. The van der Waals surface area contributed by atoms with Gasteiger partial charge in [-0.1, -0.05) is 42.8 Å². The van der Waals surface area contributed by atoms with Crippen LogP contribution in [-0.4, -0.2) is 41.3 Å². The predicted octanol–water partition coefficient (Wildman–Crippen LogP) is 7.24. The van der Waals surface area contributed by atoms with Crippen LogP contribution in [0.1, 0.15) is 92.6 Å². The largest absolute Gasteiger partial charge is 0.459 e. The first-order valence-electron chi connectivity index (χ1n) is 14.5. The lowest BCUT2D eigenvalue weighted by Gasteiger charge is -2.49. The van der Waals surface area contributed by atoms with Crippen molar-refractivity contribution in [2.45, 2.75) is 111 Å². The lowest BCUT2D eigenvalue weighted by Crippen LogP contribution is -2.45. The second kappa shape index (κ2) is 9.68. The Balaban J connectivity index is 1.48. The first-order chi connectivity index (χ1) is 17.3. The molecular formula is C33H47NO3. The number of allylic oxidation sites excluding steroid dienone is 1. The van der Waals surface area contributed by atoms with Crippen LogP contribution in [0.4, 0.5) is 0 Å². The summed E-state index contributed by atoms with van der Waals surface area (Å²) in [7, 11) is 0. The molecule has 1 saturated carbocycles. The highest BCUT2D eigenvalue weighted by molar-refractivity contribution is 5.79. The van der Waals surface area contributed by atoms with Crippen molar-refractivity contribution in [3.05, 3.63) is 58.2 Å². The van der Waals surface area contributed by atoms with Crippen molar-refractivity contribution < 1.29 is 14.3 Å². The van der Waals surface area contributed by atoms with Gasteiger partial charge in [0.15, 0.2) is 0 Å². The van der Waals surface area contributed by atoms with E-state index in [-0.39, 0.29) is 29.0 Å². The number of ether oxygens (including phenoxy) is 2. The fourth-order valence-electron chi connectivity index (χ4n) is 7.55. The molecule has 0 aromatic heterocycles. The van der Waals surface area contributed by atoms with Crippen molar-refractivity contribution in [1.29, 1.82) is 0 Å². The van der Waals surface area contributed by atoms with E-state index in [4.69, 9.17) is 9.47 Å². The summed E-state index contributed by atoms with van der Waals surface area (Å²) in [5.41, 5.74) is 6.77. The number of carbonyl (C=O) groups excluding carboxylic acids is 1. The minimum atomic E-state index is -0.482. The zero-order valence-corrected chi connectivity index (χ0v) is 24.2. The predicted molar refractivity (Wildman–Crippen MR) is 149 cm³/mol. The molecule has 37 heavy (non-hydrogen) atoms. The smallest absolute Gasteiger partial charge is 0.313 e. The number of carbonyl (C=O) groups is 1. The fourth-order valence-corrected chi connectivity index (χ4v) is 7.55. The summed E-state index contributed by atoms with van der Waals surface area (Å²) in [6.07, 6.45) is 6.53. The van der Waals surface area contributed by atoms with Crippen molar-refractivity contribution in [1.82, 2.24) is 4.90 Å². The number of rotatable bonds is 4. The zero-order chi connectivity index (χ0) is 26.6. The molecule has 0 bridgehead atoms. The minimum Gasteiger partial charge on any atom is -0.459 e. The van der Waals surface area contributed by atoms with Crippen LogP contribution in [0.25, 0.3) is 0 Å². The third kappa shape index (κ3) is 5.47. The summed E-state index contributed by atoms with van der Waals surface area (Å²) < 4.78 is 12.7. The Labute approximate surface area is 224 Å². The molecule has 4 aliphatic rings. The van der Waals surface area contributed by atoms with Gasteiger partial charge in [0.2, 0.25) is 0 Å². The van der Waals surface area contributed by atoms with Gasteiger partial charge in [-0.2, -0.15) is 0 Å². The molecule has 1 aliphatic heterocycles. The van der Waals surface area contributed by atoms with Crippen molar-refractivity contribution in [2.24, 2.45) is 17.3 Å². The summed E-state index contributed by atoms with van der Waals surface area (Å²) in [4.78, 5) is 16.4. The SMILES string of the molecule is CC(C)(C)OC(=O)[C@H]1CC2=C(CCN(Cc3ccccc3)C2)C2=C1[C@H]1CC[C@H](OC(C)(C)C)[C@@]1(C)CC2. The molecule has 3 aliphatic carbocycles. The van der Waals surface area contributed by atoms with Crippen LogP contribution >= 0.6 is 0 Å². The van der Waals surface area contributed by atoms with Crippen molar-refractivity contribution in [3.8, 4) is 0 Å². The van der Waals surface area contributed by atoms with E-state index in [0.29, 0.717) is 5.92 Å². The molecule has 0 spiro atoms. The third-order valence-corrected chi connectivity index (χ3v) is 9.03. The molecule has 1 aromatic carbocycles. The molecule has 0 saturated heterocycles. The monoisotopic (exact) mass is 505 g/mol. The third-order valence-electron chi connectivity index (χ3n) is 9.03. The molecule has 4 atom stereocenters. The van der Waals surface area contributed by atoms with Crippen LogP contribution in [0.3, 0.4) is 0 Å². The molecule has 4 heteroatoms. The molecule has 1 heterocycles. The Morgan fingerprint density at radius 2 is 1.73 bits per heavy atom. The average Bonchev–Trinajstić information content (AvgIpc) is 3.12. The lowest BCUT2D eigenvalue weighted by molar-refractivity contribution is -0.159. The molecule has 0 N–H and O–H groups in total. The minimum absolute atomic E-state index is 0.0313. The van der Waals surface area contributed by atoms with Crippen LogP contribution in [0.2, 0.25) is 0 Å². The quantitative estimate of drug-likeness (QED) is 0.404. The molecule has 202 valence electrons. The van der Waals surface area contributed by atoms with Crippen molar-refractivity contribution in [2.75, 3.05) is 13.1 Å². The Morgan fingerprint density at radius 1 is 1.00 bits per heavy atom. The second-order valence-electron chi connectivity index (χ2n) is 14.1. The first kappa shape index (κ1) is 26.7. The van der Waals surface area contributed by atoms with Crippen LogP contribution in [0.15, 0.2) is 52.6 Å². The second-order valence-corrected chi connectivity index (χ2v) is 14.1. The van der Waals surface area contributed by atoms with E-state index in [1.165, 1.54) is 22.3 Å². The van der Waals surface area contributed by atoms with Gasteiger partial charge in [0.1, 0.15) is 5.60 Å². The number of fused-ring (bicyclic) bond motifs is 3. The lowest BCUT2D eigenvalue weighted by atomic mass is 9.59. The molecule has 5 rings (SSSR count). The molecule has 0 radical (unpaired) electrons. The van der Waals surface area contributed by atoms with Gasteiger partial charge in [0.05, 0.1) is 17.6 Å². The Morgan fingerprint density at radius 3 is 2.41 bits per heavy atom. The van der Waals surface area contributed by atoms with Crippen molar-refractivity contribution >= 4 is 5.97 Å². The van der Waals surface area contributed by atoms with Gasteiger partial charge in [0.25, 0.3) is 0 Å². The van der Waals surface area contributed by atoms with Crippen molar-refractivity contribution in [3.63, 3.8) is 0 Å². The number of hydrogen-bond donors (Lipinski definition) is 0. The summed E-state index contributed by atoms with van der Waals surface area (Å²) in [6.45, 7) is 17.9. The van der Waals surface area contributed by atoms with Gasteiger partial charge in [0, 0.05) is 25.0 Å². The standard InChI is InChI=1S/C33H47NO3/c1-31(2,3)36-28-14-13-27-29-25(15-17-33(27,28)7)24-16-18-34(20-22-11-9-8-10-12-22)21-23(24)19-26(29)30(35)37-32(4,5)6/h8-12,26-28H,13-21H2,1-7H3/t26-,27+,28-,33-/m0/s1. The maximum absolute atomic E-state index is 13.8. The van der Waals surface area contributed by atoms with E-state index in [2.05, 4.69) is 62.9 Å². The zero-order valence-electron chi connectivity index (χ0n) is 24.2. The number of benzene rings is 1. The van der Waals surface area contributed by atoms with Crippen LogP contribution < -0.4 is 0 Å². The Kier molecular flexibility index (Phi) is 6.98. The molecule has 4 nitrogen and oxygen atoms in total. The van der Waals surface area contributed by atoms with E-state index in [1.54, 1.807) is 5.57 Å². The number of esters is 1. The highest BCUT2D eigenvalue weighted by atomic mass is 16.6. The van der Waals surface area contributed by atoms with Crippen LogP contribution in [-0.2, 0) is 20.8 Å². The van der Waals surface area contributed by atoms with Crippen LogP contribution in [0, 0.1) is 17.3 Å². The topological polar surface area (TPSA) is 38.8 Å². The highest BCUT2D eigenvalue weighted by Crippen LogP contribution is 2.60.